The van der Waals surface area contributed by atoms with Gasteiger partial charge in [0, 0.05) is 12.5 Å². The van der Waals surface area contributed by atoms with Gasteiger partial charge in [-0.25, -0.2) is 0 Å². The number of rotatable bonds is 2. The van der Waals surface area contributed by atoms with E-state index in [2.05, 4.69) is 53.8 Å². The molecule has 0 radical (unpaired) electrons. The van der Waals surface area contributed by atoms with Gasteiger partial charge in [-0.15, -0.1) is 0 Å². The molecule has 0 saturated carbocycles. The molecule has 2 aromatic rings. The highest BCUT2D eigenvalue weighted by Crippen LogP contribution is 2.48. The van der Waals surface area contributed by atoms with Crippen molar-refractivity contribution in [1.82, 2.24) is 5.32 Å². The summed E-state index contributed by atoms with van der Waals surface area (Å²) in [6.45, 7) is 2.26. The molecule has 0 amide bonds. The zero-order valence-corrected chi connectivity index (χ0v) is 13.1. The minimum atomic E-state index is 0.529. The summed E-state index contributed by atoms with van der Waals surface area (Å²) in [5, 5.41) is 3.58. The van der Waals surface area contributed by atoms with Crippen LogP contribution in [0.25, 0.3) is 0 Å². The van der Waals surface area contributed by atoms with Crippen molar-refractivity contribution in [3.63, 3.8) is 0 Å². The van der Waals surface area contributed by atoms with Crippen LogP contribution in [0, 0.1) is 5.92 Å². The summed E-state index contributed by atoms with van der Waals surface area (Å²) in [6, 6.07) is 17.7. The Kier molecular flexibility index (Phi) is 3.63. The van der Waals surface area contributed by atoms with Crippen LogP contribution in [0.15, 0.2) is 48.5 Å². The normalized spacial score (nSPS) is 26.9. The van der Waals surface area contributed by atoms with E-state index in [0.29, 0.717) is 11.8 Å². The fourth-order valence-electron chi connectivity index (χ4n) is 4.31. The summed E-state index contributed by atoms with van der Waals surface area (Å²) < 4.78 is 5.48. The van der Waals surface area contributed by atoms with Gasteiger partial charge in [0.2, 0.25) is 0 Å². The number of hydrogen-bond acceptors (Lipinski definition) is 2. The molecule has 1 fully saturated rings. The van der Waals surface area contributed by atoms with E-state index in [0.717, 1.165) is 24.8 Å². The van der Waals surface area contributed by atoms with Gasteiger partial charge in [0.05, 0.1) is 7.11 Å². The Morgan fingerprint density at radius 2 is 1.91 bits per heavy atom. The molecule has 3 unspecified atom stereocenters. The molecule has 1 heterocycles. The van der Waals surface area contributed by atoms with E-state index >= 15 is 0 Å². The van der Waals surface area contributed by atoms with Crippen LogP contribution >= 0.6 is 0 Å². The standard InChI is InChI=1S/C20H23NO/c1-22-16-7-8-17-18(14-5-3-2-4-6-14)11-15-9-10-21-13-20(15)19(17)12-16/h2-8,12,15,18,20-21H,9-11,13H2,1H3. The van der Waals surface area contributed by atoms with Gasteiger partial charge in [0.25, 0.3) is 0 Å². The van der Waals surface area contributed by atoms with E-state index in [4.69, 9.17) is 4.74 Å². The molecular weight excluding hydrogens is 270 g/mol. The summed E-state index contributed by atoms with van der Waals surface area (Å²) in [5.41, 5.74) is 4.44. The minimum Gasteiger partial charge on any atom is -0.497 e. The largest absolute Gasteiger partial charge is 0.497 e. The minimum absolute atomic E-state index is 0.529. The first-order valence-electron chi connectivity index (χ1n) is 8.30. The van der Waals surface area contributed by atoms with Crippen molar-refractivity contribution in [3.8, 4) is 5.75 Å². The van der Waals surface area contributed by atoms with Gasteiger partial charge in [-0.2, -0.15) is 0 Å². The lowest BCUT2D eigenvalue weighted by molar-refractivity contribution is 0.277. The van der Waals surface area contributed by atoms with Crippen LogP contribution in [-0.4, -0.2) is 20.2 Å². The quantitative estimate of drug-likeness (QED) is 0.906. The second kappa shape index (κ2) is 5.77. The number of nitrogens with one attached hydrogen (secondary N) is 1. The maximum Gasteiger partial charge on any atom is 0.119 e. The van der Waals surface area contributed by atoms with Crippen molar-refractivity contribution in [1.29, 1.82) is 0 Å². The Morgan fingerprint density at radius 1 is 1.05 bits per heavy atom. The molecule has 0 spiro atoms. The van der Waals surface area contributed by atoms with Crippen molar-refractivity contribution >= 4 is 0 Å². The Hall–Kier alpha value is -1.80. The maximum absolute atomic E-state index is 5.48. The van der Waals surface area contributed by atoms with Gasteiger partial charge in [-0.05, 0) is 60.0 Å². The van der Waals surface area contributed by atoms with Crippen molar-refractivity contribution in [3.05, 3.63) is 65.2 Å². The fourth-order valence-corrected chi connectivity index (χ4v) is 4.31. The smallest absolute Gasteiger partial charge is 0.119 e. The fraction of sp³-hybridized carbons (Fsp3) is 0.400. The van der Waals surface area contributed by atoms with Crippen molar-refractivity contribution in [2.75, 3.05) is 20.2 Å². The predicted octanol–water partition coefficient (Wildman–Crippen LogP) is 3.92. The predicted molar refractivity (Wildman–Crippen MR) is 89.6 cm³/mol. The average molecular weight is 293 g/mol. The molecule has 2 nitrogen and oxygen atoms in total. The number of hydrogen-bond donors (Lipinski definition) is 1. The first-order chi connectivity index (χ1) is 10.9. The SMILES string of the molecule is COc1ccc2c(c1)C1CNCCC1CC2c1ccccc1. The van der Waals surface area contributed by atoms with Crippen LogP contribution in [-0.2, 0) is 0 Å². The number of ether oxygens (including phenoxy) is 1. The zero-order chi connectivity index (χ0) is 14.9. The van der Waals surface area contributed by atoms with Gasteiger partial charge in [-0.3, -0.25) is 0 Å². The Balaban J connectivity index is 1.82. The maximum atomic E-state index is 5.48. The molecule has 2 aliphatic rings. The summed E-state index contributed by atoms with van der Waals surface area (Å²) in [7, 11) is 1.76. The third-order valence-electron chi connectivity index (χ3n) is 5.43. The monoisotopic (exact) mass is 293 g/mol. The highest BCUT2D eigenvalue weighted by Gasteiger charge is 2.36. The van der Waals surface area contributed by atoms with Gasteiger partial charge < -0.3 is 10.1 Å². The molecule has 2 aromatic carbocycles. The highest BCUT2D eigenvalue weighted by molar-refractivity contribution is 5.46. The van der Waals surface area contributed by atoms with Gasteiger partial charge in [-0.1, -0.05) is 36.4 Å². The molecule has 1 aliphatic carbocycles. The Bertz CT molecular complexity index is 652. The molecule has 1 N–H and O–H groups in total. The molecule has 0 aromatic heterocycles. The molecule has 1 aliphatic heterocycles. The van der Waals surface area contributed by atoms with Crippen LogP contribution in [0.5, 0.6) is 5.75 Å². The third-order valence-corrected chi connectivity index (χ3v) is 5.43. The summed E-state index contributed by atoms with van der Waals surface area (Å²) in [4.78, 5) is 0. The van der Waals surface area contributed by atoms with E-state index < -0.39 is 0 Å². The van der Waals surface area contributed by atoms with Gasteiger partial charge in [0.15, 0.2) is 0 Å². The number of methoxy groups -OCH3 is 1. The topological polar surface area (TPSA) is 21.3 Å². The van der Waals surface area contributed by atoms with E-state index in [9.17, 15) is 0 Å². The van der Waals surface area contributed by atoms with E-state index in [1.165, 1.54) is 29.5 Å². The molecule has 1 saturated heterocycles. The van der Waals surface area contributed by atoms with Crippen LogP contribution in [0.1, 0.15) is 41.4 Å². The molecule has 2 heteroatoms. The summed E-state index contributed by atoms with van der Waals surface area (Å²) in [5.74, 6) is 2.93. The number of piperidine rings is 1. The number of benzene rings is 2. The van der Waals surface area contributed by atoms with Crippen LogP contribution in [0.3, 0.4) is 0 Å². The van der Waals surface area contributed by atoms with Crippen LogP contribution in [0.2, 0.25) is 0 Å². The van der Waals surface area contributed by atoms with E-state index in [-0.39, 0.29) is 0 Å². The summed E-state index contributed by atoms with van der Waals surface area (Å²) >= 11 is 0. The highest BCUT2D eigenvalue weighted by atomic mass is 16.5. The third kappa shape index (κ3) is 2.32. The van der Waals surface area contributed by atoms with E-state index in [1.54, 1.807) is 7.11 Å². The zero-order valence-electron chi connectivity index (χ0n) is 13.1. The average Bonchev–Trinajstić information content (AvgIpc) is 2.61. The second-order valence-electron chi connectivity index (χ2n) is 6.55. The van der Waals surface area contributed by atoms with Crippen LogP contribution in [0.4, 0.5) is 0 Å². The van der Waals surface area contributed by atoms with Gasteiger partial charge in [0.1, 0.15) is 5.75 Å². The summed E-state index contributed by atoms with van der Waals surface area (Å²) in [6.07, 6.45) is 2.56. The molecule has 114 valence electrons. The second-order valence-corrected chi connectivity index (χ2v) is 6.55. The molecular formula is C20H23NO. The first kappa shape index (κ1) is 13.8. The van der Waals surface area contributed by atoms with Gasteiger partial charge >= 0.3 is 0 Å². The van der Waals surface area contributed by atoms with Crippen molar-refractivity contribution in [2.45, 2.75) is 24.7 Å². The van der Waals surface area contributed by atoms with Crippen molar-refractivity contribution < 1.29 is 4.74 Å². The van der Waals surface area contributed by atoms with Crippen LogP contribution < -0.4 is 10.1 Å². The Morgan fingerprint density at radius 3 is 2.73 bits per heavy atom. The van der Waals surface area contributed by atoms with E-state index in [1.807, 2.05) is 0 Å². The molecule has 4 rings (SSSR count). The van der Waals surface area contributed by atoms with Crippen molar-refractivity contribution in [2.24, 2.45) is 5.92 Å². The molecule has 3 atom stereocenters. The lowest BCUT2D eigenvalue weighted by atomic mass is 9.66. The lowest BCUT2D eigenvalue weighted by Gasteiger charge is -2.41. The molecule has 22 heavy (non-hydrogen) atoms. The number of fused-ring (bicyclic) bond motifs is 3. The Labute approximate surface area is 132 Å². The lowest BCUT2D eigenvalue weighted by Crippen LogP contribution is -2.38. The first-order valence-corrected chi connectivity index (χ1v) is 8.30. The molecule has 0 bridgehead atoms.